The summed E-state index contributed by atoms with van der Waals surface area (Å²) in [6, 6.07) is 6.20. The smallest absolute Gasteiger partial charge is 0.379 e. The van der Waals surface area contributed by atoms with Gasteiger partial charge in [-0.05, 0) is 17.7 Å². The zero-order chi connectivity index (χ0) is 11.1. The number of hydrogen-bond acceptors (Lipinski definition) is 1. The van der Waals surface area contributed by atoms with E-state index in [1.807, 2.05) is 0 Å². The highest BCUT2D eigenvalue weighted by molar-refractivity contribution is 9.10. The monoisotopic (exact) mass is 280 g/mol. The molecule has 15 heavy (non-hydrogen) atoms. The Morgan fingerprint density at radius 1 is 1.13 bits per heavy atom. The summed E-state index contributed by atoms with van der Waals surface area (Å²) in [4.78, 5) is 0. The molecule has 1 aromatic carbocycles. The second-order valence-electron chi connectivity index (χ2n) is 3.58. The molecule has 1 aliphatic rings. The van der Waals surface area contributed by atoms with Crippen molar-refractivity contribution in [3.8, 4) is 0 Å². The molecule has 82 valence electrons. The molecule has 0 amide bonds. The van der Waals surface area contributed by atoms with Crippen molar-refractivity contribution in [3.05, 3.63) is 34.3 Å². The third kappa shape index (κ3) is 1.67. The minimum Gasteiger partial charge on any atom is -0.379 e. The van der Waals surface area contributed by atoms with Gasteiger partial charge in [0.15, 0.2) is 0 Å². The topological polar surface area (TPSA) is 9.23 Å². The molecule has 1 heterocycles. The van der Waals surface area contributed by atoms with Gasteiger partial charge in [-0.3, -0.25) is 0 Å². The fourth-order valence-corrected chi connectivity index (χ4v) is 1.83. The van der Waals surface area contributed by atoms with Crippen molar-refractivity contribution in [3.63, 3.8) is 0 Å². The molecule has 0 saturated carbocycles. The third-order valence-corrected chi connectivity index (χ3v) is 3.17. The minimum absolute atomic E-state index is 0.268. The van der Waals surface area contributed by atoms with Crippen LogP contribution in [0.15, 0.2) is 28.7 Å². The first-order chi connectivity index (χ1) is 6.96. The standard InChI is InChI=1S/C10H8BrF3O/c11-8-3-1-7(2-4-8)9(5-15-6-9)10(12,13)14/h1-4H,5-6H2. The van der Waals surface area contributed by atoms with Gasteiger partial charge in [-0.25, -0.2) is 0 Å². The Balaban J connectivity index is 2.39. The van der Waals surface area contributed by atoms with Crippen molar-refractivity contribution in [2.75, 3.05) is 13.2 Å². The molecule has 0 aromatic heterocycles. The summed E-state index contributed by atoms with van der Waals surface area (Å²) < 4.78 is 44.0. The zero-order valence-electron chi connectivity index (χ0n) is 7.64. The Hall–Kier alpha value is -0.550. The van der Waals surface area contributed by atoms with Gasteiger partial charge < -0.3 is 4.74 Å². The van der Waals surface area contributed by atoms with Crippen LogP contribution in [-0.2, 0) is 10.2 Å². The van der Waals surface area contributed by atoms with Crippen molar-refractivity contribution in [1.29, 1.82) is 0 Å². The van der Waals surface area contributed by atoms with Crippen molar-refractivity contribution in [2.45, 2.75) is 11.6 Å². The summed E-state index contributed by atoms with van der Waals surface area (Å²) in [5.41, 5.74) is -1.53. The highest BCUT2D eigenvalue weighted by atomic mass is 79.9. The molecule has 0 atom stereocenters. The molecular weight excluding hydrogens is 273 g/mol. The van der Waals surface area contributed by atoms with E-state index in [1.54, 1.807) is 12.1 Å². The van der Waals surface area contributed by atoms with E-state index in [0.29, 0.717) is 0 Å². The van der Waals surface area contributed by atoms with Gasteiger partial charge in [0.05, 0.1) is 13.2 Å². The first-order valence-corrected chi connectivity index (χ1v) is 5.15. The van der Waals surface area contributed by atoms with Crippen LogP contribution in [0.3, 0.4) is 0 Å². The largest absolute Gasteiger partial charge is 0.402 e. The predicted octanol–water partition coefficient (Wildman–Crippen LogP) is 3.28. The van der Waals surface area contributed by atoms with Crippen LogP contribution in [0.25, 0.3) is 0 Å². The molecule has 0 bridgehead atoms. The number of alkyl halides is 3. The summed E-state index contributed by atoms with van der Waals surface area (Å²) in [6.07, 6.45) is -4.25. The maximum Gasteiger partial charge on any atom is 0.402 e. The zero-order valence-corrected chi connectivity index (χ0v) is 9.23. The van der Waals surface area contributed by atoms with Crippen molar-refractivity contribution in [2.24, 2.45) is 0 Å². The summed E-state index contributed by atoms with van der Waals surface area (Å²) in [5.74, 6) is 0. The Bertz CT molecular complexity index is 354. The summed E-state index contributed by atoms with van der Waals surface area (Å²) in [7, 11) is 0. The SMILES string of the molecule is FC(F)(F)C1(c2ccc(Br)cc2)COC1. The van der Waals surface area contributed by atoms with E-state index in [9.17, 15) is 13.2 Å². The van der Waals surface area contributed by atoms with Crippen molar-refractivity contribution < 1.29 is 17.9 Å². The Kier molecular flexibility index (Phi) is 2.55. The quantitative estimate of drug-likeness (QED) is 0.767. The second kappa shape index (κ2) is 3.49. The Labute approximate surface area is 93.4 Å². The van der Waals surface area contributed by atoms with Gasteiger partial charge in [-0.2, -0.15) is 13.2 Å². The van der Waals surface area contributed by atoms with E-state index in [4.69, 9.17) is 4.74 Å². The lowest BCUT2D eigenvalue weighted by molar-refractivity contribution is -0.262. The summed E-state index contributed by atoms with van der Waals surface area (Å²) in [5, 5.41) is 0. The van der Waals surface area contributed by atoms with Crippen molar-refractivity contribution >= 4 is 15.9 Å². The van der Waals surface area contributed by atoms with Crippen molar-refractivity contribution in [1.82, 2.24) is 0 Å². The highest BCUT2D eigenvalue weighted by Crippen LogP contribution is 2.46. The Morgan fingerprint density at radius 3 is 2.00 bits per heavy atom. The maximum atomic E-state index is 12.9. The van der Waals surface area contributed by atoms with Gasteiger partial charge in [0, 0.05) is 4.47 Å². The lowest BCUT2D eigenvalue weighted by atomic mass is 9.78. The highest BCUT2D eigenvalue weighted by Gasteiger charge is 2.60. The normalized spacial score (nSPS) is 19.7. The van der Waals surface area contributed by atoms with E-state index in [1.165, 1.54) is 12.1 Å². The van der Waals surface area contributed by atoms with Gasteiger partial charge >= 0.3 is 6.18 Å². The summed E-state index contributed by atoms with van der Waals surface area (Å²) in [6.45, 7) is -0.559. The van der Waals surface area contributed by atoms with Gasteiger partial charge in [-0.1, -0.05) is 28.1 Å². The lowest BCUT2D eigenvalue weighted by Gasteiger charge is -2.43. The van der Waals surface area contributed by atoms with Crippen LogP contribution >= 0.6 is 15.9 Å². The molecule has 1 nitrogen and oxygen atoms in total. The molecule has 0 unspecified atom stereocenters. The molecule has 1 aliphatic heterocycles. The van der Waals surface area contributed by atoms with E-state index in [0.717, 1.165) is 4.47 Å². The number of ether oxygens (including phenoxy) is 1. The van der Waals surface area contributed by atoms with E-state index >= 15 is 0 Å². The van der Waals surface area contributed by atoms with Gasteiger partial charge in [0.2, 0.25) is 0 Å². The minimum atomic E-state index is -4.25. The average molecular weight is 281 g/mol. The Morgan fingerprint density at radius 2 is 1.67 bits per heavy atom. The van der Waals surface area contributed by atoms with Gasteiger partial charge in [0.25, 0.3) is 0 Å². The molecule has 1 saturated heterocycles. The summed E-state index contributed by atoms with van der Waals surface area (Å²) >= 11 is 3.19. The molecule has 0 N–H and O–H groups in total. The molecule has 5 heteroatoms. The van der Waals surface area contributed by atoms with Crippen LogP contribution in [0.1, 0.15) is 5.56 Å². The molecule has 1 aromatic rings. The molecule has 0 radical (unpaired) electrons. The number of hydrogen-bond donors (Lipinski definition) is 0. The maximum absolute atomic E-state index is 12.9. The molecule has 2 rings (SSSR count). The van der Waals surface area contributed by atoms with Gasteiger partial charge in [0.1, 0.15) is 5.41 Å². The average Bonchev–Trinajstić information content (AvgIpc) is 2.03. The number of benzene rings is 1. The van der Waals surface area contributed by atoms with Crippen LogP contribution in [-0.4, -0.2) is 19.4 Å². The van der Waals surface area contributed by atoms with Crippen LogP contribution in [0.5, 0.6) is 0 Å². The molecule has 1 fully saturated rings. The van der Waals surface area contributed by atoms with Crippen LogP contribution in [0.4, 0.5) is 13.2 Å². The fraction of sp³-hybridized carbons (Fsp3) is 0.400. The molecular formula is C10H8BrF3O. The first kappa shape index (κ1) is 11.0. The van der Waals surface area contributed by atoms with Crippen LogP contribution in [0.2, 0.25) is 0 Å². The first-order valence-electron chi connectivity index (χ1n) is 4.36. The molecule has 0 aliphatic carbocycles. The second-order valence-corrected chi connectivity index (χ2v) is 4.50. The fourth-order valence-electron chi connectivity index (χ4n) is 1.57. The third-order valence-electron chi connectivity index (χ3n) is 2.64. The number of rotatable bonds is 1. The van der Waals surface area contributed by atoms with E-state index in [-0.39, 0.29) is 18.8 Å². The lowest BCUT2D eigenvalue weighted by Crippen LogP contribution is -2.57. The van der Waals surface area contributed by atoms with E-state index < -0.39 is 11.6 Å². The molecule has 0 spiro atoms. The van der Waals surface area contributed by atoms with E-state index in [2.05, 4.69) is 15.9 Å². The van der Waals surface area contributed by atoms with Gasteiger partial charge in [-0.15, -0.1) is 0 Å². The van der Waals surface area contributed by atoms with Crippen LogP contribution < -0.4 is 0 Å². The predicted molar refractivity (Wildman–Crippen MR) is 52.7 cm³/mol. The van der Waals surface area contributed by atoms with Crippen LogP contribution in [0, 0.1) is 0 Å². The number of halogens is 4.